The van der Waals surface area contributed by atoms with Gasteiger partial charge in [-0.15, -0.1) is 23.1 Å². The minimum absolute atomic E-state index is 0.0367. The van der Waals surface area contributed by atoms with Gasteiger partial charge in [0, 0.05) is 10.6 Å². The SMILES string of the molecule is CC(SC/C=C/c1ccccc1)C(=O)NCc1cccs1. The van der Waals surface area contributed by atoms with E-state index in [0.29, 0.717) is 6.54 Å². The third-order valence-corrected chi connectivity index (χ3v) is 4.91. The smallest absolute Gasteiger partial charge is 0.233 e. The van der Waals surface area contributed by atoms with Gasteiger partial charge in [-0.25, -0.2) is 0 Å². The fourth-order valence-electron chi connectivity index (χ4n) is 1.76. The Kier molecular flexibility index (Phi) is 6.57. The summed E-state index contributed by atoms with van der Waals surface area (Å²) in [6.45, 7) is 2.58. The van der Waals surface area contributed by atoms with Crippen LogP contribution in [0.5, 0.6) is 0 Å². The van der Waals surface area contributed by atoms with E-state index in [9.17, 15) is 4.79 Å². The highest BCUT2D eigenvalue weighted by atomic mass is 32.2. The molecule has 1 heterocycles. The highest BCUT2D eigenvalue weighted by Crippen LogP contribution is 2.13. The molecule has 0 fully saturated rings. The minimum atomic E-state index is -0.0367. The highest BCUT2D eigenvalue weighted by molar-refractivity contribution is 8.00. The third kappa shape index (κ3) is 5.78. The molecule has 0 radical (unpaired) electrons. The van der Waals surface area contributed by atoms with Crippen molar-refractivity contribution in [2.24, 2.45) is 0 Å². The van der Waals surface area contributed by atoms with Crippen molar-refractivity contribution in [3.63, 3.8) is 0 Å². The standard InChI is InChI=1S/C17H19NOS2/c1-14(17(19)18-13-16-10-6-12-21-16)20-11-5-9-15-7-3-2-4-8-15/h2-10,12,14H,11,13H2,1H3,(H,18,19)/b9-5+. The molecule has 21 heavy (non-hydrogen) atoms. The molecule has 2 rings (SSSR count). The van der Waals surface area contributed by atoms with Crippen LogP contribution in [-0.4, -0.2) is 16.9 Å². The molecule has 2 nitrogen and oxygen atoms in total. The zero-order chi connectivity index (χ0) is 14.9. The van der Waals surface area contributed by atoms with Crippen molar-refractivity contribution < 1.29 is 4.79 Å². The quantitative estimate of drug-likeness (QED) is 0.829. The predicted molar refractivity (Wildman–Crippen MR) is 93.6 cm³/mol. The summed E-state index contributed by atoms with van der Waals surface area (Å²) < 4.78 is 0. The average Bonchev–Trinajstić information content (AvgIpc) is 3.03. The van der Waals surface area contributed by atoms with Crippen LogP contribution in [0.2, 0.25) is 0 Å². The summed E-state index contributed by atoms with van der Waals surface area (Å²) in [6, 6.07) is 14.2. The van der Waals surface area contributed by atoms with Gasteiger partial charge in [0.15, 0.2) is 0 Å². The minimum Gasteiger partial charge on any atom is -0.350 e. The molecule has 0 aliphatic rings. The second-order valence-corrected chi connectivity index (χ2v) is 6.99. The first-order valence-corrected chi connectivity index (χ1v) is 8.82. The van der Waals surface area contributed by atoms with Crippen LogP contribution in [0.25, 0.3) is 6.08 Å². The molecule has 1 aromatic heterocycles. The predicted octanol–water partition coefficient (Wildman–Crippen LogP) is 4.20. The van der Waals surface area contributed by atoms with Crippen LogP contribution in [0.4, 0.5) is 0 Å². The maximum Gasteiger partial charge on any atom is 0.233 e. The first-order valence-electron chi connectivity index (χ1n) is 6.89. The molecule has 2 aromatic rings. The van der Waals surface area contributed by atoms with E-state index in [0.717, 1.165) is 5.75 Å². The summed E-state index contributed by atoms with van der Waals surface area (Å²) >= 11 is 3.31. The van der Waals surface area contributed by atoms with Gasteiger partial charge in [-0.3, -0.25) is 4.79 Å². The number of thioether (sulfide) groups is 1. The summed E-state index contributed by atoms with van der Waals surface area (Å²) in [7, 11) is 0. The molecule has 1 aromatic carbocycles. The molecule has 1 atom stereocenters. The third-order valence-electron chi connectivity index (χ3n) is 2.94. The van der Waals surface area contributed by atoms with E-state index in [-0.39, 0.29) is 11.2 Å². The molecule has 0 saturated heterocycles. The van der Waals surface area contributed by atoms with Gasteiger partial charge in [0.05, 0.1) is 11.8 Å². The van der Waals surface area contributed by atoms with Crippen molar-refractivity contribution in [2.45, 2.75) is 18.7 Å². The Bertz CT molecular complexity index is 564. The van der Waals surface area contributed by atoms with E-state index < -0.39 is 0 Å². The van der Waals surface area contributed by atoms with E-state index in [1.165, 1.54) is 10.4 Å². The Labute approximate surface area is 134 Å². The Morgan fingerprint density at radius 1 is 1.29 bits per heavy atom. The average molecular weight is 317 g/mol. The number of carbonyl (C=O) groups excluding carboxylic acids is 1. The van der Waals surface area contributed by atoms with Gasteiger partial charge in [0.25, 0.3) is 0 Å². The number of thiophene rings is 1. The second-order valence-electron chi connectivity index (χ2n) is 4.59. The van der Waals surface area contributed by atoms with Crippen molar-refractivity contribution in [2.75, 3.05) is 5.75 Å². The summed E-state index contributed by atoms with van der Waals surface area (Å²) in [5.41, 5.74) is 1.19. The maximum atomic E-state index is 12.0. The van der Waals surface area contributed by atoms with Crippen LogP contribution < -0.4 is 5.32 Å². The monoisotopic (exact) mass is 317 g/mol. The summed E-state index contributed by atoms with van der Waals surface area (Å²) in [6.07, 6.45) is 4.19. The van der Waals surface area contributed by atoms with Gasteiger partial charge in [-0.05, 0) is 23.9 Å². The van der Waals surface area contributed by atoms with Crippen LogP contribution in [0.15, 0.2) is 53.9 Å². The fraction of sp³-hybridized carbons (Fsp3) is 0.235. The first-order chi connectivity index (χ1) is 10.3. The molecular formula is C17H19NOS2. The van der Waals surface area contributed by atoms with Gasteiger partial charge in [0.2, 0.25) is 5.91 Å². The van der Waals surface area contributed by atoms with E-state index in [2.05, 4.69) is 29.6 Å². The van der Waals surface area contributed by atoms with Gasteiger partial charge in [0.1, 0.15) is 0 Å². The van der Waals surface area contributed by atoms with E-state index in [4.69, 9.17) is 0 Å². The molecule has 0 bridgehead atoms. The zero-order valence-corrected chi connectivity index (χ0v) is 13.6. The van der Waals surface area contributed by atoms with Crippen molar-refractivity contribution in [3.8, 4) is 0 Å². The highest BCUT2D eigenvalue weighted by Gasteiger charge is 2.11. The summed E-state index contributed by atoms with van der Waals surface area (Å²) in [5, 5.41) is 4.96. The molecule has 0 spiro atoms. The van der Waals surface area contributed by atoms with Crippen LogP contribution in [0.1, 0.15) is 17.4 Å². The number of hydrogen-bond donors (Lipinski definition) is 1. The molecule has 4 heteroatoms. The zero-order valence-electron chi connectivity index (χ0n) is 12.0. The van der Waals surface area contributed by atoms with Crippen molar-refractivity contribution in [3.05, 3.63) is 64.4 Å². The summed E-state index contributed by atoms with van der Waals surface area (Å²) in [5.74, 6) is 0.934. The fourth-order valence-corrected chi connectivity index (χ4v) is 3.13. The maximum absolute atomic E-state index is 12.0. The van der Waals surface area contributed by atoms with Gasteiger partial charge >= 0.3 is 0 Å². The lowest BCUT2D eigenvalue weighted by Gasteiger charge is -2.10. The largest absolute Gasteiger partial charge is 0.350 e. The first kappa shape index (κ1) is 15.9. The number of hydrogen-bond acceptors (Lipinski definition) is 3. The van der Waals surface area contributed by atoms with Crippen LogP contribution in [0, 0.1) is 0 Å². The number of amides is 1. The lowest BCUT2D eigenvalue weighted by Crippen LogP contribution is -2.30. The molecule has 1 amide bonds. The number of carbonyl (C=O) groups is 1. The normalized spacial score (nSPS) is 12.4. The second kappa shape index (κ2) is 8.70. The number of rotatable bonds is 7. The molecule has 0 aliphatic heterocycles. The van der Waals surface area contributed by atoms with Gasteiger partial charge in [-0.2, -0.15) is 0 Å². The van der Waals surface area contributed by atoms with Crippen LogP contribution >= 0.6 is 23.1 Å². The Balaban J connectivity index is 1.67. The Hall–Kier alpha value is -1.52. The molecule has 110 valence electrons. The number of benzene rings is 1. The lowest BCUT2D eigenvalue weighted by atomic mass is 10.2. The number of nitrogens with one attached hydrogen (secondary N) is 1. The van der Waals surface area contributed by atoms with Crippen LogP contribution in [-0.2, 0) is 11.3 Å². The molecule has 0 aliphatic carbocycles. The summed E-state index contributed by atoms with van der Waals surface area (Å²) in [4.78, 5) is 13.1. The Morgan fingerprint density at radius 3 is 2.81 bits per heavy atom. The van der Waals surface area contributed by atoms with Crippen molar-refractivity contribution in [1.82, 2.24) is 5.32 Å². The molecule has 0 saturated carbocycles. The van der Waals surface area contributed by atoms with E-state index in [1.807, 2.05) is 42.6 Å². The van der Waals surface area contributed by atoms with Crippen LogP contribution in [0.3, 0.4) is 0 Å². The van der Waals surface area contributed by atoms with E-state index in [1.54, 1.807) is 23.1 Å². The van der Waals surface area contributed by atoms with Gasteiger partial charge < -0.3 is 5.32 Å². The molecular weight excluding hydrogens is 298 g/mol. The van der Waals surface area contributed by atoms with Crippen molar-refractivity contribution in [1.29, 1.82) is 0 Å². The Morgan fingerprint density at radius 2 is 2.10 bits per heavy atom. The molecule has 1 unspecified atom stereocenters. The van der Waals surface area contributed by atoms with Crippen molar-refractivity contribution >= 4 is 35.1 Å². The van der Waals surface area contributed by atoms with Gasteiger partial charge in [-0.1, -0.05) is 48.6 Å². The lowest BCUT2D eigenvalue weighted by molar-refractivity contribution is -0.120. The topological polar surface area (TPSA) is 29.1 Å². The van der Waals surface area contributed by atoms with E-state index >= 15 is 0 Å². The molecule has 1 N–H and O–H groups in total.